The zero-order valence-corrected chi connectivity index (χ0v) is 13.1. The van der Waals surface area contributed by atoms with Gasteiger partial charge in [0, 0.05) is 5.56 Å². The van der Waals surface area contributed by atoms with Crippen molar-refractivity contribution in [2.75, 3.05) is 6.61 Å². The molecule has 0 aliphatic carbocycles. The third-order valence-corrected chi connectivity index (χ3v) is 3.23. The van der Waals surface area contributed by atoms with Crippen molar-refractivity contribution in [2.45, 2.75) is 20.8 Å². The molecule has 0 aliphatic rings. The standard InChI is InChI=1S/C18H20N2O2/c1-13-9-14(2)17(15(3)10-13)11-19-20-18(21)12-22-16-7-5-4-6-8-16/h4-11H,12H2,1-3H3,(H,20,21)/b19-11+. The van der Waals surface area contributed by atoms with Gasteiger partial charge in [-0.1, -0.05) is 35.9 Å². The van der Waals surface area contributed by atoms with Crippen LogP contribution in [0.25, 0.3) is 0 Å². The maximum atomic E-state index is 11.7. The van der Waals surface area contributed by atoms with E-state index in [1.54, 1.807) is 18.3 Å². The van der Waals surface area contributed by atoms with Gasteiger partial charge < -0.3 is 4.74 Å². The molecule has 2 rings (SSSR count). The lowest BCUT2D eigenvalue weighted by Gasteiger charge is -2.07. The van der Waals surface area contributed by atoms with Crippen LogP contribution in [-0.4, -0.2) is 18.7 Å². The number of rotatable bonds is 5. The van der Waals surface area contributed by atoms with E-state index in [1.807, 2.05) is 32.0 Å². The average Bonchev–Trinajstić information content (AvgIpc) is 2.49. The predicted octanol–water partition coefficient (Wildman–Crippen LogP) is 3.14. The summed E-state index contributed by atoms with van der Waals surface area (Å²) in [7, 11) is 0. The van der Waals surface area contributed by atoms with Gasteiger partial charge in [-0.2, -0.15) is 5.10 Å². The molecule has 4 nitrogen and oxygen atoms in total. The van der Waals surface area contributed by atoms with Crippen LogP contribution in [-0.2, 0) is 4.79 Å². The van der Waals surface area contributed by atoms with Crippen LogP contribution in [0.1, 0.15) is 22.3 Å². The van der Waals surface area contributed by atoms with Gasteiger partial charge in [0.05, 0.1) is 6.21 Å². The van der Waals surface area contributed by atoms with Gasteiger partial charge in [0.25, 0.3) is 5.91 Å². The number of aryl methyl sites for hydroxylation is 3. The summed E-state index contributed by atoms with van der Waals surface area (Å²) >= 11 is 0. The van der Waals surface area contributed by atoms with Crippen molar-refractivity contribution in [2.24, 2.45) is 5.10 Å². The van der Waals surface area contributed by atoms with Crippen molar-refractivity contribution >= 4 is 12.1 Å². The summed E-state index contributed by atoms with van der Waals surface area (Å²) in [5, 5.41) is 4.00. The van der Waals surface area contributed by atoms with Crippen molar-refractivity contribution in [3.63, 3.8) is 0 Å². The minimum absolute atomic E-state index is 0.0623. The number of hydrogen-bond acceptors (Lipinski definition) is 3. The van der Waals surface area contributed by atoms with Crippen LogP contribution >= 0.6 is 0 Å². The molecule has 0 radical (unpaired) electrons. The van der Waals surface area contributed by atoms with Crippen LogP contribution in [0.4, 0.5) is 0 Å². The van der Waals surface area contributed by atoms with Gasteiger partial charge in [0.15, 0.2) is 6.61 Å². The summed E-state index contributed by atoms with van der Waals surface area (Å²) in [5.74, 6) is 0.370. The first-order valence-electron chi connectivity index (χ1n) is 7.14. The minimum atomic E-state index is -0.289. The molecule has 0 fully saturated rings. The number of amides is 1. The van der Waals surface area contributed by atoms with E-state index >= 15 is 0 Å². The van der Waals surface area contributed by atoms with Gasteiger partial charge in [-0.3, -0.25) is 4.79 Å². The van der Waals surface area contributed by atoms with E-state index in [1.165, 1.54) is 5.56 Å². The maximum Gasteiger partial charge on any atom is 0.277 e. The molecule has 0 saturated carbocycles. The number of hydrogen-bond donors (Lipinski definition) is 1. The topological polar surface area (TPSA) is 50.7 Å². The second-order valence-corrected chi connectivity index (χ2v) is 5.21. The highest BCUT2D eigenvalue weighted by molar-refractivity contribution is 5.85. The van der Waals surface area contributed by atoms with Gasteiger partial charge >= 0.3 is 0 Å². The average molecular weight is 296 g/mol. The number of benzene rings is 2. The first-order valence-corrected chi connectivity index (χ1v) is 7.14. The first kappa shape index (κ1) is 15.8. The van der Waals surface area contributed by atoms with Gasteiger partial charge in [0.2, 0.25) is 0 Å². The third-order valence-electron chi connectivity index (χ3n) is 3.23. The molecule has 0 spiro atoms. The largest absolute Gasteiger partial charge is 0.484 e. The van der Waals surface area contributed by atoms with Crippen LogP contribution in [0.2, 0.25) is 0 Å². The van der Waals surface area contributed by atoms with E-state index in [9.17, 15) is 4.79 Å². The van der Waals surface area contributed by atoms with Crippen LogP contribution in [0.15, 0.2) is 47.6 Å². The lowest BCUT2D eigenvalue weighted by atomic mass is 10.0. The Bertz CT molecular complexity index is 656. The monoisotopic (exact) mass is 296 g/mol. The van der Waals surface area contributed by atoms with Gasteiger partial charge in [0.1, 0.15) is 5.75 Å². The minimum Gasteiger partial charge on any atom is -0.484 e. The summed E-state index contributed by atoms with van der Waals surface area (Å²) in [6.45, 7) is 6.06. The molecule has 22 heavy (non-hydrogen) atoms. The number of para-hydroxylation sites is 1. The molecule has 0 unspecified atom stereocenters. The Morgan fingerprint density at radius 3 is 2.41 bits per heavy atom. The number of ether oxygens (including phenoxy) is 1. The molecule has 0 aliphatic heterocycles. The van der Waals surface area contributed by atoms with E-state index in [0.717, 1.165) is 16.7 Å². The number of carbonyl (C=O) groups excluding carboxylic acids is 1. The number of nitrogens with zero attached hydrogens (tertiary/aromatic N) is 1. The van der Waals surface area contributed by atoms with Crippen molar-refractivity contribution in [3.05, 3.63) is 64.7 Å². The predicted molar refractivity (Wildman–Crippen MR) is 88.3 cm³/mol. The van der Waals surface area contributed by atoms with E-state index < -0.39 is 0 Å². The fourth-order valence-electron chi connectivity index (χ4n) is 2.26. The molecule has 0 saturated heterocycles. The molecule has 0 atom stereocenters. The number of nitrogens with one attached hydrogen (secondary N) is 1. The Morgan fingerprint density at radius 1 is 1.14 bits per heavy atom. The second-order valence-electron chi connectivity index (χ2n) is 5.21. The summed E-state index contributed by atoms with van der Waals surface area (Å²) < 4.78 is 5.35. The van der Waals surface area contributed by atoms with Crippen LogP contribution in [0.3, 0.4) is 0 Å². The summed E-state index contributed by atoms with van der Waals surface area (Å²) in [5.41, 5.74) is 6.98. The molecule has 0 bridgehead atoms. The molecular formula is C18H20N2O2. The quantitative estimate of drug-likeness (QED) is 0.680. The van der Waals surface area contributed by atoms with Crippen molar-refractivity contribution in [1.29, 1.82) is 0 Å². The third kappa shape index (κ3) is 4.45. The van der Waals surface area contributed by atoms with E-state index in [-0.39, 0.29) is 12.5 Å². The van der Waals surface area contributed by atoms with Crippen molar-refractivity contribution in [1.82, 2.24) is 5.43 Å². The zero-order valence-electron chi connectivity index (χ0n) is 13.1. The fourth-order valence-corrected chi connectivity index (χ4v) is 2.26. The molecule has 114 valence electrons. The Balaban J connectivity index is 1.88. The van der Waals surface area contributed by atoms with Crippen LogP contribution in [0, 0.1) is 20.8 Å². The molecule has 4 heteroatoms. The smallest absolute Gasteiger partial charge is 0.277 e. The molecular weight excluding hydrogens is 276 g/mol. The molecule has 2 aromatic carbocycles. The number of carbonyl (C=O) groups is 1. The lowest BCUT2D eigenvalue weighted by Crippen LogP contribution is -2.24. The summed E-state index contributed by atoms with van der Waals surface area (Å²) in [6, 6.07) is 13.4. The SMILES string of the molecule is Cc1cc(C)c(/C=N/NC(=O)COc2ccccc2)c(C)c1. The molecule has 2 aromatic rings. The highest BCUT2D eigenvalue weighted by Gasteiger charge is 2.03. The van der Waals surface area contributed by atoms with Crippen molar-refractivity contribution < 1.29 is 9.53 Å². The second kappa shape index (κ2) is 7.41. The Kier molecular flexibility index (Phi) is 5.31. The molecule has 0 heterocycles. The van der Waals surface area contributed by atoms with E-state index in [0.29, 0.717) is 5.75 Å². The van der Waals surface area contributed by atoms with Crippen LogP contribution < -0.4 is 10.2 Å². The highest BCUT2D eigenvalue weighted by atomic mass is 16.5. The molecule has 1 amide bonds. The van der Waals surface area contributed by atoms with Gasteiger partial charge in [-0.05, 0) is 44.0 Å². The number of hydrazone groups is 1. The Morgan fingerprint density at radius 2 is 1.77 bits per heavy atom. The zero-order chi connectivity index (χ0) is 15.9. The van der Waals surface area contributed by atoms with E-state index in [4.69, 9.17) is 4.74 Å². The van der Waals surface area contributed by atoms with Gasteiger partial charge in [-0.25, -0.2) is 5.43 Å². The Labute approximate surface area is 130 Å². The van der Waals surface area contributed by atoms with Crippen LogP contribution in [0.5, 0.6) is 5.75 Å². The first-order chi connectivity index (χ1) is 10.6. The summed E-state index contributed by atoms with van der Waals surface area (Å²) in [4.78, 5) is 11.7. The fraction of sp³-hybridized carbons (Fsp3) is 0.222. The van der Waals surface area contributed by atoms with E-state index in [2.05, 4.69) is 29.6 Å². The highest BCUT2D eigenvalue weighted by Crippen LogP contribution is 2.14. The molecule has 1 N–H and O–H groups in total. The molecule has 0 aromatic heterocycles. The normalized spacial score (nSPS) is 10.7. The maximum absolute atomic E-state index is 11.7. The van der Waals surface area contributed by atoms with Gasteiger partial charge in [-0.15, -0.1) is 0 Å². The lowest BCUT2D eigenvalue weighted by molar-refractivity contribution is -0.123. The summed E-state index contributed by atoms with van der Waals surface area (Å²) in [6.07, 6.45) is 1.67. The van der Waals surface area contributed by atoms with Crippen molar-refractivity contribution in [3.8, 4) is 5.75 Å². The Hall–Kier alpha value is -2.62.